The highest BCUT2D eigenvalue weighted by Gasteiger charge is 2.17. The lowest BCUT2D eigenvalue weighted by Gasteiger charge is -2.34. The lowest BCUT2D eigenvalue weighted by atomic mass is 9.98. The SMILES string of the molecule is CCC(C)c1ccc(N2CCN(C)CC2)c(F)c1. The Labute approximate surface area is 109 Å². The minimum Gasteiger partial charge on any atom is -0.367 e. The van der Waals surface area contributed by atoms with Crippen LogP contribution in [0.15, 0.2) is 18.2 Å². The molecule has 0 aromatic heterocycles. The molecule has 0 radical (unpaired) electrons. The average Bonchev–Trinajstić information content (AvgIpc) is 2.39. The number of halogens is 1. The van der Waals surface area contributed by atoms with Gasteiger partial charge in [0.15, 0.2) is 0 Å². The van der Waals surface area contributed by atoms with E-state index in [1.54, 1.807) is 6.07 Å². The van der Waals surface area contributed by atoms with Crippen molar-refractivity contribution in [2.45, 2.75) is 26.2 Å². The summed E-state index contributed by atoms with van der Waals surface area (Å²) in [7, 11) is 2.11. The van der Waals surface area contributed by atoms with Crippen LogP contribution in [0, 0.1) is 5.82 Å². The van der Waals surface area contributed by atoms with E-state index in [-0.39, 0.29) is 5.82 Å². The molecule has 0 N–H and O–H groups in total. The highest BCUT2D eigenvalue weighted by molar-refractivity contribution is 5.50. The number of nitrogens with zero attached hydrogens (tertiary/aromatic N) is 2. The van der Waals surface area contributed by atoms with E-state index in [0.29, 0.717) is 5.92 Å². The molecule has 1 unspecified atom stereocenters. The molecule has 0 bridgehead atoms. The third-order valence-corrected chi connectivity index (χ3v) is 4.00. The first-order valence-corrected chi connectivity index (χ1v) is 6.84. The highest BCUT2D eigenvalue weighted by atomic mass is 19.1. The first-order chi connectivity index (χ1) is 8.61. The van der Waals surface area contributed by atoms with E-state index in [4.69, 9.17) is 0 Å². The minimum atomic E-state index is -0.0719. The van der Waals surface area contributed by atoms with Gasteiger partial charge in [-0.25, -0.2) is 4.39 Å². The zero-order valence-corrected chi connectivity index (χ0v) is 11.6. The monoisotopic (exact) mass is 250 g/mol. The lowest BCUT2D eigenvalue weighted by molar-refractivity contribution is 0.311. The van der Waals surface area contributed by atoms with Crippen molar-refractivity contribution < 1.29 is 4.39 Å². The Morgan fingerprint density at radius 1 is 1.22 bits per heavy atom. The Bertz CT molecular complexity index is 397. The number of hydrogen-bond acceptors (Lipinski definition) is 2. The minimum absolute atomic E-state index is 0.0719. The van der Waals surface area contributed by atoms with Crippen LogP contribution in [0.2, 0.25) is 0 Å². The zero-order chi connectivity index (χ0) is 13.1. The maximum absolute atomic E-state index is 14.2. The fraction of sp³-hybridized carbons (Fsp3) is 0.600. The summed E-state index contributed by atoms with van der Waals surface area (Å²) in [6.45, 7) is 8.12. The van der Waals surface area contributed by atoms with Gasteiger partial charge in [-0.3, -0.25) is 0 Å². The quantitative estimate of drug-likeness (QED) is 0.813. The van der Waals surface area contributed by atoms with E-state index in [0.717, 1.165) is 43.9 Å². The number of hydrogen-bond donors (Lipinski definition) is 0. The van der Waals surface area contributed by atoms with Crippen LogP contribution in [0.1, 0.15) is 31.7 Å². The summed E-state index contributed by atoms with van der Waals surface area (Å²) >= 11 is 0. The molecule has 1 aromatic carbocycles. The first kappa shape index (κ1) is 13.3. The van der Waals surface area contributed by atoms with Crippen LogP contribution in [-0.4, -0.2) is 38.1 Å². The van der Waals surface area contributed by atoms with E-state index in [9.17, 15) is 4.39 Å². The van der Waals surface area contributed by atoms with Gasteiger partial charge in [0, 0.05) is 26.2 Å². The number of likely N-dealkylation sites (N-methyl/N-ethyl adjacent to an activating group) is 1. The summed E-state index contributed by atoms with van der Waals surface area (Å²) in [5.41, 5.74) is 1.86. The van der Waals surface area contributed by atoms with E-state index >= 15 is 0 Å². The summed E-state index contributed by atoms with van der Waals surface area (Å²) in [5.74, 6) is 0.360. The maximum atomic E-state index is 14.2. The van der Waals surface area contributed by atoms with Crippen LogP contribution in [0.25, 0.3) is 0 Å². The molecule has 2 nitrogen and oxygen atoms in total. The number of rotatable bonds is 3. The molecule has 2 rings (SSSR count). The highest BCUT2D eigenvalue weighted by Crippen LogP contribution is 2.26. The van der Waals surface area contributed by atoms with Gasteiger partial charge in [0.25, 0.3) is 0 Å². The summed E-state index contributed by atoms with van der Waals surface area (Å²) in [6, 6.07) is 5.73. The Morgan fingerprint density at radius 3 is 2.44 bits per heavy atom. The van der Waals surface area contributed by atoms with Crippen molar-refractivity contribution in [1.82, 2.24) is 4.90 Å². The van der Waals surface area contributed by atoms with Crippen LogP contribution < -0.4 is 4.90 Å². The molecule has 1 aromatic rings. The van der Waals surface area contributed by atoms with Gasteiger partial charge in [0.05, 0.1) is 5.69 Å². The molecule has 1 saturated heterocycles. The molecule has 0 amide bonds. The molecular weight excluding hydrogens is 227 g/mol. The maximum Gasteiger partial charge on any atom is 0.146 e. The van der Waals surface area contributed by atoms with Crippen LogP contribution >= 0.6 is 0 Å². The fourth-order valence-corrected chi connectivity index (χ4v) is 2.37. The Morgan fingerprint density at radius 2 is 1.89 bits per heavy atom. The van der Waals surface area contributed by atoms with Crippen molar-refractivity contribution in [2.24, 2.45) is 0 Å². The second-order valence-corrected chi connectivity index (χ2v) is 5.31. The van der Waals surface area contributed by atoms with E-state index in [2.05, 4.69) is 36.8 Å². The fourth-order valence-electron chi connectivity index (χ4n) is 2.37. The predicted octanol–water partition coefficient (Wildman–Crippen LogP) is 3.09. The first-order valence-electron chi connectivity index (χ1n) is 6.84. The third kappa shape index (κ3) is 2.83. The summed E-state index contributed by atoms with van der Waals surface area (Å²) in [4.78, 5) is 4.43. The smallest absolute Gasteiger partial charge is 0.146 e. The van der Waals surface area contributed by atoms with Gasteiger partial charge in [0.1, 0.15) is 5.82 Å². The average molecular weight is 250 g/mol. The molecule has 1 fully saturated rings. The standard InChI is InChI=1S/C15H23FN2/c1-4-12(2)13-5-6-15(14(16)11-13)18-9-7-17(3)8-10-18/h5-6,11-12H,4,7-10H2,1-3H3. The van der Waals surface area contributed by atoms with Gasteiger partial charge in [-0.15, -0.1) is 0 Å². The molecule has 18 heavy (non-hydrogen) atoms. The van der Waals surface area contributed by atoms with Gasteiger partial charge in [-0.05, 0) is 37.1 Å². The predicted molar refractivity (Wildman–Crippen MR) is 74.8 cm³/mol. The molecule has 3 heteroatoms. The second kappa shape index (κ2) is 5.70. The van der Waals surface area contributed by atoms with Crippen molar-refractivity contribution >= 4 is 5.69 Å². The molecule has 0 aliphatic carbocycles. The largest absolute Gasteiger partial charge is 0.367 e. The lowest BCUT2D eigenvalue weighted by Crippen LogP contribution is -2.44. The molecule has 1 heterocycles. The van der Waals surface area contributed by atoms with Crippen molar-refractivity contribution in [3.8, 4) is 0 Å². The number of anilines is 1. The second-order valence-electron chi connectivity index (χ2n) is 5.31. The van der Waals surface area contributed by atoms with Crippen molar-refractivity contribution in [1.29, 1.82) is 0 Å². The summed E-state index contributed by atoms with van der Waals surface area (Å²) in [6.07, 6.45) is 1.05. The van der Waals surface area contributed by atoms with Crippen molar-refractivity contribution in [3.63, 3.8) is 0 Å². The Hall–Kier alpha value is -1.09. The molecule has 1 atom stereocenters. The molecule has 1 aliphatic heterocycles. The molecule has 1 aliphatic rings. The van der Waals surface area contributed by atoms with Crippen LogP contribution in [0.5, 0.6) is 0 Å². The van der Waals surface area contributed by atoms with Gasteiger partial charge < -0.3 is 9.80 Å². The summed E-state index contributed by atoms with van der Waals surface area (Å²) in [5, 5.41) is 0. The van der Waals surface area contributed by atoms with E-state index in [1.165, 1.54) is 0 Å². The van der Waals surface area contributed by atoms with Crippen LogP contribution in [0.3, 0.4) is 0 Å². The van der Waals surface area contributed by atoms with E-state index < -0.39 is 0 Å². The van der Waals surface area contributed by atoms with Crippen molar-refractivity contribution in [2.75, 3.05) is 38.1 Å². The van der Waals surface area contributed by atoms with Gasteiger partial charge >= 0.3 is 0 Å². The molecule has 0 spiro atoms. The van der Waals surface area contributed by atoms with Gasteiger partial charge in [0.2, 0.25) is 0 Å². The van der Waals surface area contributed by atoms with Gasteiger partial charge in [-0.2, -0.15) is 0 Å². The third-order valence-electron chi connectivity index (χ3n) is 4.00. The van der Waals surface area contributed by atoms with E-state index in [1.807, 2.05) is 6.07 Å². The van der Waals surface area contributed by atoms with Crippen molar-refractivity contribution in [3.05, 3.63) is 29.6 Å². The molecule has 0 saturated carbocycles. The summed E-state index contributed by atoms with van der Waals surface area (Å²) < 4.78 is 14.2. The topological polar surface area (TPSA) is 6.48 Å². The number of piperazine rings is 1. The Kier molecular flexibility index (Phi) is 4.23. The Balaban J connectivity index is 2.14. The van der Waals surface area contributed by atoms with Gasteiger partial charge in [-0.1, -0.05) is 19.9 Å². The van der Waals surface area contributed by atoms with Crippen LogP contribution in [-0.2, 0) is 0 Å². The van der Waals surface area contributed by atoms with Crippen LogP contribution in [0.4, 0.5) is 10.1 Å². The molecular formula is C15H23FN2. The normalized spacial score (nSPS) is 19.0. The molecule has 100 valence electrons. The number of benzene rings is 1. The zero-order valence-electron chi connectivity index (χ0n) is 11.6.